The lowest BCUT2D eigenvalue weighted by atomic mass is 10.2. The minimum Gasteiger partial charge on any atom is -0.497 e. The van der Waals surface area contributed by atoms with Gasteiger partial charge in [-0.05, 0) is 66.2 Å². The van der Waals surface area contributed by atoms with Crippen molar-refractivity contribution in [2.45, 2.75) is 4.90 Å². The van der Waals surface area contributed by atoms with Gasteiger partial charge in [0, 0.05) is 6.07 Å². The first-order valence-corrected chi connectivity index (χ1v) is 11.9. The number of fused-ring (bicyclic) bond motifs is 1. The molecule has 0 unspecified atom stereocenters. The summed E-state index contributed by atoms with van der Waals surface area (Å²) in [6, 6.07) is 15.9. The molecule has 0 bridgehead atoms. The Kier molecular flexibility index (Phi) is 7.16. The number of sulfonamides is 1. The molecule has 182 valence electrons. The first kappa shape index (κ1) is 24.0. The smallest absolute Gasteiger partial charge is 0.264 e. The monoisotopic (exact) mass is 499 g/mol. The topological polar surface area (TPSA) is 107 Å². The number of hydrogen-bond acceptors (Lipinski definition) is 7. The van der Waals surface area contributed by atoms with Crippen LogP contribution in [0.3, 0.4) is 0 Å². The zero-order valence-electron chi connectivity index (χ0n) is 18.7. The van der Waals surface area contributed by atoms with E-state index in [2.05, 4.69) is 10.5 Å². The van der Waals surface area contributed by atoms with Crippen molar-refractivity contribution in [2.24, 2.45) is 5.10 Å². The van der Waals surface area contributed by atoms with Crippen LogP contribution in [-0.4, -0.2) is 47.4 Å². The van der Waals surface area contributed by atoms with Crippen molar-refractivity contribution >= 4 is 27.8 Å². The van der Waals surface area contributed by atoms with Crippen LogP contribution in [0.2, 0.25) is 0 Å². The second-order valence-corrected chi connectivity index (χ2v) is 9.22. The molecule has 0 aliphatic carbocycles. The third-order valence-electron chi connectivity index (χ3n) is 5.02. The predicted molar refractivity (Wildman–Crippen MR) is 127 cm³/mol. The molecule has 11 heteroatoms. The van der Waals surface area contributed by atoms with Crippen LogP contribution in [0.5, 0.6) is 17.2 Å². The standard InChI is InChI=1S/C24H22FN3O6S/c1-32-20-8-2-17(3-9-20)15-26-27-24(29)16-28(19-6-4-18(25)5-7-19)35(30,31)21-10-11-22-23(14-21)34-13-12-33-22/h2-11,14-15H,12-13,16H2,1H3,(H,27,29)/b26-15+. The Hall–Kier alpha value is -4.12. The van der Waals surface area contributed by atoms with Crippen LogP contribution in [-0.2, 0) is 14.8 Å². The Morgan fingerprint density at radius 2 is 1.74 bits per heavy atom. The summed E-state index contributed by atoms with van der Waals surface area (Å²) in [5, 5.41) is 3.89. The number of halogens is 1. The van der Waals surface area contributed by atoms with Crippen LogP contribution in [0.1, 0.15) is 5.56 Å². The van der Waals surface area contributed by atoms with E-state index in [1.54, 1.807) is 31.4 Å². The predicted octanol–water partition coefficient (Wildman–Crippen LogP) is 2.95. The van der Waals surface area contributed by atoms with E-state index in [0.29, 0.717) is 23.7 Å². The van der Waals surface area contributed by atoms with Crippen LogP contribution in [0.4, 0.5) is 10.1 Å². The van der Waals surface area contributed by atoms with Crippen LogP contribution in [0, 0.1) is 5.82 Å². The van der Waals surface area contributed by atoms with E-state index >= 15 is 0 Å². The maximum Gasteiger partial charge on any atom is 0.264 e. The summed E-state index contributed by atoms with van der Waals surface area (Å²) in [6.45, 7) is 0.0488. The summed E-state index contributed by atoms with van der Waals surface area (Å²) in [5.74, 6) is 0.142. The lowest BCUT2D eigenvalue weighted by molar-refractivity contribution is -0.119. The van der Waals surface area contributed by atoms with Gasteiger partial charge in [0.1, 0.15) is 31.3 Å². The van der Waals surface area contributed by atoms with Crippen LogP contribution in [0.25, 0.3) is 0 Å². The van der Waals surface area contributed by atoms with Crippen molar-refractivity contribution < 1.29 is 31.8 Å². The summed E-state index contributed by atoms with van der Waals surface area (Å²) in [6.07, 6.45) is 1.41. The molecular weight excluding hydrogens is 477 g/mol. The molecule has 1 heterocycles. The van der Waals surface area contributed by atoms with Gasteiger partial charge < -0.3 is 14.2 Å². The molecule has 1 amide bonds. The second-order valence-electron chi connectivity index (χ2n) is 7.36. The molecule has 0 atom stereocenters. The summed E-state index contributed by atoms with van der Waals surface area (Å²) in [5.41, 5.74) is 3.13. The molecule has 3 aromatic rings. The van der Waals surface area contributed by atoms with Gasteiger partial charge >= 0.3 is 0 Å². The van der Waals surface area contributed by atoms with Crippen LogP contribution < -0.4 is 23.9 Å². The van der Waals surface area contributed by atoms with Crippen LogP contribution >= 0.6 is 0 Å². The van der Waals surface area contributed by atoms with Crippen molar-refractivity contribution in [2.75, 3.05) is 31.2 Å². The fourth-order valence-corrected chi connectivity index (χ4v) is 4.71. The van der Waals surface area contributed by atoms with Crippen LogP contribution in [0.15, 0.2) is 76.7 Å². The van der Waals surface area contributed by atoms with Gasteiger partial charge in [0.15, 0.2) is 11.5 Å². The van der Waals surface area contributed by atoms with E-state index in [4.69, 9.17) is 14.2 Å². The number of rotatable bonds is 8. The lowest BCUT2D eigenvalue weighted by Crippen LogP contribution is -2.39. The Bertz CT molecular complexity index is 1330. The van der Waals surface area contributed by atoms with Crippen molar-refractivity contribution in [1.82, 2.24) is 5.43 Å². The number of ether oxygens (including phenoxy) is 3. The second kappa shape index (κ2) is 10.4. The van der Waals surface area contributed by atoms with Crippen molar-refractivity contribution in [3.05, 3.63) is 78.1 Å². The number of nitrogens with zero attached hydrogens (tertiary/aromatic N) is 2. The fraction of sp³-hybridized carbons (Fsp3) is 0.167. The van der Waals surface area contributed by atoms with Gasteiger partial charge in [-0.25, -0.2) is 18.2 Å². The van der Waals surface area contributed by atoms with E-state index in [0.717, 1.165) is 16.4 Å². The third kappa shape index (κ3) is 5.69. The molecule has 1 N–H and O–H groups in total. The molecule has 3 aromatic carbocycles. The normalized spacial score (nSPS) is 12.9. The molecular formula is C24H22FN3O6S. The van der Waals surface area contributed by atoms with E-state index in [1.165, 1.54) is 36.5 Å². The average Bonchev–Trinajstić information content (AvgIpc) is 2.88. The quantitative estimate of drug-likeness (QED) is 0.377. The number of carbonyl (C=O) groups excluding carboxylic acids is 1. The molecule has 1 aliphatic rings. The lowest BCUT2D eigenvalue weighted by Gasteiger charge is -2.25. The third-order valence-corrected chi connectivity index (χ3v) is 6.79. The van der Waals surface area contributed by atoms with Gasteiger partial charge in [-0.2, -0.15) is 5.10 Å². The SMILES string of the molecule is COc1ccc(/C=N/NC(=O)CN(c2ccc(F)cc2)S(=O)(=O)c2ccc3c(c2)OCCO3)cc1. The number of methoxy groups -OCH3 is 1. The van der Waals surface area contributed by atoms with Gasteiger partial charge in [0.25, 0.3) is 15.9 Å². The van der Waals surface area contributed by atoms with Crippen molar-refractivity contribution in [1.29, 1.82) is 0 Å². The largest absolute Gasteiger partial charge is 0.497 e. The van der Waals surface area contributed by atoms with E-state index < -0.39 is 28.3 Å². The molecule has 0 spiro atoms. The Morgan fingerprint density at radius 3 is 2.43 bits per heavy atom. The molecule has 0 fully saturated rings. The minimum absolute atomic E-state index is 0.107. The Labute approximate surface area is 201 Å². The number of anilines is 1. The maximum absolute atomic E-state index is 13.5. The van der Waals surface area contributed by atoms with Crippen molar-refractivity contribution in [3.63, 3.8) is 0 Å². The zero-order chi connectivity index (χ0) is 24.8. The van der Waals surface area contributed by atoms with E-state index in [1.807, 2.05) is 0 Å². The summed E-state index contributed by atoms with van der Waals surface area (Å²) >= 11 is 0. The molecule has 35 heavy (non-hydrogen) atoms. The highest BCUT2D eigenvalue weighted by Crippen LogP contribution is 2.34. The van der Waals surface area contributed by atoms with Gasteiger partial charge in [-0.1, -0.05) is 0 Å². The summed E-state index contributed by atoms with van der Waals surface area (Å²) in [4.78, 5) is 12.5. The summed E-state index contributed by atoms with van der Waals surface area (Å²) < 4.78 is 57.4. The molecule has 0 saturated heterocycles. The highest BCUT2D eigenvalue weighted by atomic mass is 32.2. The molecule has 0 radical (unpaired) electrons. The highest BCUT2D eigenvalue weighted by molar-refractivity contribution is 7.92. The number of carbonyl (C=O) groups is 1. The molecule has 4 rings (SSSR count). The Morgan fingerprint density at radius 1 is 1.06 bits per heavy atom. The maximum atomic E-state index is 13.5. The molecule has 0 aromatic heterocycles. The molecule has 1 aliphatic heterocycles. The molecule has 0 saturated carbocycles. The summed E-state index contributed by atoms with van der Waals surface area (Å²) in [7, 11) is -2.68. The number of hydrazone groups is 1. The Balaban J connectivity index is 1.56. The molecule has 9 nitrogen and oxygen atoms in total. The fourth-order valence-electron chi connectivity index (χ4n) is 3.27. The first-order valence-electron chi connectivity index (χ1n) is 10.5. The minimum atomic E-state index is -4.23. The van der Waals surface area contributed by atoms with Crippen molar-refractivity contribution in [3.8, 4) is 17.2 Å². The number of amides is 1. The highest BCUT2D eigenvalue weighted by Gasteiger charge is 2.29. The first-order chi connectivity index (χ1) is 16.9. The van der Waals surface area contributed by atoms with Gasteiger partial charge in [0.2, 0.25) is 0 Å². The number of hydrogen-bond donors (Lipinski definition) is 1. The van der Waals surface area contributed by atoms with Gasteiger partial charge in [-0.15, -0.1) is 0 Å². The van der Waals surface area contributed by atoms with Gasteiger partial charge in [-0.3, -0.25) is 9.10 Å². The van der Waals surface area contributed by atoms with E-state index in [9.17, 15) is 17.6 Å². The number of nitrogens with one attached hydrogen (secondary N) is 1. The number of benzene rings is 3. The van der Waals surface area contributed by atoms with Gasteiger partial charge in [0.05, 0.1) is 23.9 Å². The van der Waals surface area contributed by atoms with E-state index in [-0.39, 0.29) is 22.9 Å². The zero-order valence-corrected chi connectivity index (χ0v) is 19.5. The average molecular weight is 500 g/mol.